The Morgan fingerprint density at radius 1 is 0.405 bits per heavy atom. The number of fused-ring (bicyclic) bond motifs is 2. The molecule has 204 valence electrons. The van der Waals surface area contributed by atoms with Gasteiger partial charge in [-0.25, -0.2) is 9.97 Å². The Morgan fingerprint density at radius 2 is 0.762 bits per heavy atom. The second-order valence-electron chi connectivity index (χ2n) is 12.0. The summed E-state index contributed by atoms with van der Waals surface area (Å²) >= 11 is 0. The maximum atomic E-state index is 5.13. The van der Waals surface area contributed by atoms with Crippen molar-refractivity contribution < 1.29 is 0 Å². The summed E-state index contributed by atoms with van der Waals surface area (Å²) in [6.45, 7) is 13.3. The van der Waals surface area contributed by atoms with Gasteiger partial charge in [0, 0.05) is 11.1 Å². The van der Waals surface area contributed by atoms with Crippen LogP contribution in [-0.2, 0) is 0 Å². The van der Waals surface area contributed by atoms with E-state index in [4.69, 9.17) is 9.97 Å². The molecular weight excluding hydrogens is 512 g/mol. The molecule has 42 heavy (non-hydrogen) atoms. The molecule has 0 radical (unpaired) electrons. The molecule has 2 aliphatic heterocycles. The second-order valence-corrected chi connectivity index (χ2v) is 12.0. The molecule has 2 N–H and O–H groups in total. The average molecular weight is 545 g/mol. The van der Waals surface area contributed by atoms with E-state index in [9.17, 15) is 0 Å². The van der Waals surface area contributed by atoms with Gasteiger partial charge in [-0.1, -0.05) is 48.5 Å². The largest absolute Gasteiger partial charge is 0.338 e. The minimum Gasteiger partial charge on any atom is -0.338 e. The standard InChI is InChI=1S/C38H32N4/c1-19-15-21(3)35-23(5)33(19)25-7-9-26(10-8-25)34-20(2)16-22(4)36(24(34)6)38-40-30-14-12-28(18-32(30)42-38)27-11-13-29-31(17-27)41-37(35)39-29/h7-18H,1-6H3,(H,39,41)(H,40,42). The molecule has 0 atom stereocenters. The first-order valence-corrected chi connectivity index (χ1v) is 14.6. The summed E-state index contributed by atoms with van der Waals surface area (Å²) in [5, 5.41) is 0. The van der Waals surface area contributed by atoms with Crippen molar-refractivity contribution in [3.63, 3.8) is 0 Å². The number of aryl methyl sites for hydroxylation is 4. The molecule has 0 saturated carbocycles. The zero-order chi connectivity index (χ0) is 28.9. The highest BCUT2D eigenvalue weighted by Gasteiger charge is 2.20. The topological polar surface area (TPSA) is 57.4 Å². The van der Waals surface area contributed by atoms with Gasteiger partial charge in [-0.05, 0) is 133 Å². The number of imidazole rings is 2. The van der Waals surface area contributed by atoms with Gasteiger partial charge in [0.2, 0.25) is 0 Å². The molecule has 7 aromatic rings. The molecule has 12 bridgehead atoms. The van der Waals surface area contributed by atoms with Crippen LogP contribution in [0.2, 0.25) is 0 Å². The normalized spacial score (nSPS) is 12.0. The van der Waals surface area contributed by atoms with Gasteiger partial charge in [0.15, 0.2) is 0 Å². The van der Waals surface area contributed by atoms with E-state index in [1.54, 1.807) is 0 Å². The molecule has 2 aliphatic rings. The molecule has 4 heteroatoms. The number of aromatic nitrogens is 4. The first-order valence-electron chi connectivity index (χ1n) is 14.6. The van der Waals surface area contributed by atoms with Crippen molar-refractivity contribution in [2.75, 3.05) is 0 Å². The van der Waals surface area contributed by atoms with Crippen molar-refractivity contribution in [2.45, 2.75) is 41.5 Å². The minimum atomic E-state index is 0.912. The van der Waals surface area contributed by atoms with E-state index in [0.717, 1.165) is 44.8 Å². The summed E-state index contributed by atoms with van der Waals surface area (Å²) in [7, 11) is 0. The summed E-state index contributed by atoms with van der Waals surface area (Å²) < 4.78 is 0. The van der Waals surface area contributed by atoms with E-state index in [1.165, 1.54) is 66.8 Å². The fourth-order valence-electron chi connectivity index (χ4n) is 7.40. The van der Waals surface area contributed by atoms with E-state index in [0.29, 0.717) is 0 Å². The number of nitrogens with zero attached hydrogens (tertiary/aromatic N) is 2. The van der Waals surface area contributed by atoms with Gasteiger partial charge in [0.25, 0.3) is 0 Å². The molecule has 2 aromatic heterocycles. The summed E-state index contributed by atoms with van der Waals surface area (Å²) in [5.41, 5.74) is 21.1. The zero-order valence-electron chi connectivity index (χ0n) is 24.8. The lowest BCUT2D eigenvalue weighted by atomic mass is 9.86. The van der Waals surface area contributed by atoms with Crippen LogP contribution < -0.4 is 0 Å². The number of rotatable bonds is 0. The lowest BCUT2D eigenvalue weighted by molar-refractivity contribution is 1.25. The van der Waals surface area contributed by atoms with Crippen LogP contribution in [0.5, 0.6) is 0 Å². The molecular formula is C38H32N4. The van der Waals surface area contributed by atoms with Gasteiger partial charge in [0.05, 0.1) is 22.1 Å². The highest BCUT2D eigenvalue weighted by molar-refractivity contribution is 5.91. The molecule has 0 spiro atoms. The lowest BCUT2D eigenvalue weighted by Gasteiger charge is -2.19. The monoisotopic (exact) mass is 544 g/mol. The first kappa shape index (κ1) is 24.8. The number of nitrogens with one attached hydrogen (secondary N) is 2. The Morgan fingerprint density at radius 3 is 1.17 bits per heavy atom. The number of benzene rings is 5. The minimum absolute atomic E-state index is 0.912. The van der Waals surface area contributed by atoms with E-state index >= 15 is 0 Å². The van der Waals surface area contributed by atoms with Crippen LogP contribution in [0.15, 0.2) is 72.8 Å². The Balaban J connectivity index is 1.47. The maximum Gasteiger partial charge on any atom is 0.139 e. The van der Waals surface area contributed by atoms with Crippen molar-refractivity contribution in [2.24, 2.45) is 0 Å². The van der Waals surface area contributed by atoms with Crippen molar-refractivity contribution in [3.8, 4) is 56.2 Å². The third kappa shape index (κ3) is 3.54. The van der Waals surface area contributed by atoms with Gasteiger partial charge >= 0.3 is 0 Å². The van der Waals surface area contributed by atoms with Crippen LogP contribution in [0, 0.1) is 41.5 Å². The molecule has 5 aromatic carbocycles. The number of H-pyrrole nitrogens is 2. The maximum absolute atomic E-state index is 5.13. The summed E-state index contributed by atoms with van der Waals surface area (Å²) in [6.07, 6.45) is 0. The fraction of sp³-hybridized carbons (Fsp3) is 0.158. The van der Waals surface area contributed by atoms with E-state index in [2.05, 4.69) is 124 Å². The van der Waals surface area contributed by atoms with E-state index < -0.39 is 0 Å². The predicted molar refractivity (Wildman–Crippen MR) is 175 cm³/mol. The van der Waals surface area contributed by atoms with Crippen LogP contribution in [0.1, 0.15) is 33.4 Å². The number of hydrogen-bond donors (Lipinski definition) is 2. The van der Waals surface area contributed by atoms with Crippen LogP contribution in [-0.4, -0.2) is 19.9 Å². The van der Waals surface area contributed by atoms with Crippen LogP contribution in [0.25, 0.3) is 78.2 Å². The fourth-order valence-corrected chi connectivity index (χ4v) is 7.40. The number of hydrogen-bond acceptors (Lipinski definition) is 2. The third-order valence-electron chi connectivity index (χ3n) is 9.18. The van der Waals surface area contributed by atoms with Gasteiger partial charge in [-0.15, -0.1) is 0 Å². The van der Waals surface area contributed by atoms with Crippen molar-refractivity contribution >= 4 is 22.1 Å². The lowest BCUT2D eigenvalue weighted by Crippen LogP contribution is -1.98. The van der Waals surface area contributed by atoms with E-state index in [-0.39, 0.29) is 0 Å². The SMILES string of the molecule is Cc1cc(C)c2c(C)c1-c1ccc(cc1)-c1c(C)cc(C)c(c1C)-c1nc3cc(ccc3[nH]1)-c1ccc3[nH]c-2nc3c1. The second kappa shape index (κ2) is 8.77. The van der Waals surface area contributed by atoms with Crippen LogP contribution >= 0.6 is 0 Å². The smallest absolute Gasteiger partial charge is 0.139 e. The number of aromatic amines is 2. The Kier molecular flexibility index (Phi) is 5.18. The van der Waals surface area contributed by atoms with Gasteiger partial charge in [-0.2, -0.15) is 0 Å². The van der Waals surface area contributed by atoms with Gasteiger partial charge < -0.3 is 9.97 Å². The summed E-state index contributed by atoms with van der Waals surface area (Å²) in [4.78, 5) is 17.5. The Bertz CT molecular complexity index is 2080. The molecule has 0 saturated heterocycles. The molecule has 4 heterocycles. The molecule has 4 nitrogen and oxygen atoms in total. The van der Waals surface area contributed by atoms with Crippen LogP contribution in [0.4, 0.5) is 0 Å². The molecule has 0 fully saturated rings. The van der Waals surface area contributed by atoms with E-state index in [1.807, 2.05) is 0 Å². The van der Waals surface area contributed by atoms with Crippen molar-refractivity contribution in [1.82, 2.24) is 19.9 Å². The molecule has 0 amide bonds. The molecule has 0 aliphatic carbocycles. The predicted octanol–water partition coefficient (Wildman–Crippen LogP) is 9.94. The average Bonchev–Trinajstić information content (AvgIpc) is 3.56. The highest BCUT2D eigenvalue weighted by Crippen LogP contribution is 2.41. The molecule has 0 unspecified atom stereocenters. The highest BCUT2D eigenvalue weighted by atomic mass is 14.9. The van der Waals surface area contributed by atoms with Gasteiger partial charge in [0.1, 0.15) is 11.6 Å². The van der Waals surface area contributed by atoms with Crippen molar-refractivity contribution in [1.29, 1.82) is 0 Å². The van der Waals surface area contributed by atoms with Gasteiger partial charge in [-0.3, -0.25) is 0 Å². The quantitative estimate of drug-likeness (QED) is 0.200. The molecule has 9 rings (SSSR count). The Labute approximate surface area is 245 Å². The first-order chi connectivity index (χ1) is 20.3. The van der Waals surface area contributed by atoms with Crippen LogP contribution in [0.3, 0.4) is 0 Å². The Hall–Kier alpha value is -4.96. The third-order valence-corrected chi connectivity index (χ3v) is 9.18. The van der Waals surface area contributed by atoms with Crippen molar-refractivity contribution in [3.05, 3.63) is 106 Å². The summed E-state index contributed by atoms with van der Waals surface area (Å²) in [5.74, 6) is 1.82. The zero-order valence-corrected chi connectivity index (χ0v) is 24.8. The summed E-state index contributed by atoms with van der Waals surface area (Å²) in [6, 6.07) is 26.7.